The molecule has 6 heteroatoms. The smallest absolute Gasteiger partial charge is 0.251 e. The highest BCUT2D eigenvalue weighted by molar-refractivity contribution is 6.30. The Morgan fingerprint density at radius 2 is 2.30 bits per heavy atom. The van der Waals surface area contributed by atoms with E-state index >= 15 is 0 Å². The summed E-state index contributed by atoms with van der Waals surface area (Å²) in [5.41, 5.74) is 2.28. The summed E-state index contributed by atoms with van der Waals surface area (Å²) in [6.07, 6.45) is 5.91. The summed E-state index contributed by atoms with van der Waals surface area (Å²) in [6.45, 7) is 4.31. The van der Waals surface area contributed by atoms with Crippen molar-refractivity contribution < 1.29 is 9.53 Å². The topological polar surface area (TPSA) is 63.2 Å². The number of nitrogens with one attached hydrogen (secondary N) is 2. The number of hydrogen-bond acceptors (Lipinski definition) is 4. The number of halogens is 1. The van der Waals surface area contributed by atoms with E-state index in [1.165, 1.54) is 0 Å². The molecule has 1 aromatic heterocycles. The summed E-state index contributed by atoms with van der Waals surface area (Å²) >= 11 is 5.99. The van der Waals surface area contributed by atoms with Crippen LogP contribution in [0, 0.1) is 5.92 Å². The minimum Gasteiger partial charge on any atom is -0.369 e. The van der Waals surface area contributed by atoms with Crippen LogP contribution in [-0.2, 0) is 9.53 Å². The molecule has 2 atom stereocenters. The van der Waals surface area contributed by atoms with Gasteiger partial charge in [-0.3, -0.25) is 9.78 Å². The van der Waals surface area contributed by atoms with Crippen LogP contribution in [0.3, 0.4) is 0 Å². The Labute approximate surface area is 140 Å². The van der Waals surface area contributed by atoms with Gasteiger partial charge in [-0.15, -0.1) is 0 Å². The van der Waals surface area contributed by atoms with Crippen molar-refractivity contribution in [2.24, 2.45) is 5.92 Å². The van der Waals surface area contributed by atoms with Crippen LogP contribution in [-0.4, -0.2) is 30.6 Å². The highest BCUT2D eigenvalue weighted by Crippen LogP contribution is 2.28. The first-order valence-corrected chi connectivity index (χ1v) is 8.17. The van der Waals surface area contributed by atoms with E-state index in [9.17, 15) is 4.79 Å². The monoisotopic (exact) mass is 333 g/mol. The van der Waals surface area contributed by atoms with Gasteiger partial charge < -0.3 is 15.4 Å². The van der Waals surface area contributed by atoms with Crippen molar-refractivity contribution in [2.45, 2.75) is 19.4 Å². The summed E-state index contributed by atoms with van der Waals surface area (Å²) in [5.74, 6) is 0.00416. The van der Waals surface area contributed by atoms with E-state index < -0.39 is 0 Å². The predicted octanol–water partition coefficient (Wildman–Crippen LogP) is 2.77. The lowest BCUT2D eigenvalue weighted by atomic mass is 9.92. The molecule has 5 nitrogen and oxygen atoms in total. The molecule has 1 aliphatic carbocycles. The second kappa shape index (κ2) is 7.25. The van der Waals surface area contributed by atoms with Crippen molar-refractivity contribution >= 4 is 23.2 Å². The van der Waals surface area contributed by atoms with Gasteiger partial charge in [-0.1, -0.05) is 24.6 Å². The van der Waals surface area contributed by atoms with Crippen LogP contribution in [0.4, 0.5) is 5.69 Å². The average molecular weight is 334 g/mol. The molecular weight excluding hydrogens is 314 g/mol. The fourth-order valence-electron chi connectivity index (χ4n) is 2.74. The van der Waals surface area contributed by atoms with Gasteiger partial charge in [0.1, 0.15) is 6.10 Å². The lowest BCUT2D eigenvalue weighted by molar-refractivity contribution is -0.113. The Balaban J connectivity index is 1.65. The SMILES string of the molecule is CC1CC(Cl)=CC=C1C(=O)Nc1ccc(C2CNCCO2)nc1. The number of morpholine rings is 1. The highest BCUT2D eigenvalue weighted by atomic mass is 35.5. The van der Waals surface area contributed by atoms with Crippen molar-refractivity contribution in [3.05, 3.63) is 46.8 Å². The van der Waals surface area contributed by atoms with E-state index in [1.807, 2.05) is 19.1 Å². The van der Waals surface area contributed by atoms with Gasteiger partial charge in [0.2, 0.25) is 0 Å². The minimum atomic E-state index is -0.108. The largest absolute Gasteiger partial charge is 0.369 e. The summed E-state index contributed by atoms with van der Waals surface area (Å²) in [6, 6.07) is 3.75. The van der Waals surface area contributed by atoms with Crippen LogP contribution in [0.1, 0.15) is 25.1 Å². The summed E-state index contributed by atoms with van der Waals surface area (Å²) in [4.78, 5) is 16.8. The number of rotatable bonds is 3. The first-order valence-electron chi connectivity index (χ1n) is 7.79. The fraction of sp³-hybridized carbons (Fsp3) is 0.412. The first-order chi connectivity index (χ1) is 11.1. The second-order valence-corrected chi connectivity index (χ2v) is 6.32. The van der Waals surface area contributed by atoms with Crippen LogP contribution < -0.4 is 10.6 Å². The molecule has 23 heavy (non-hydrogen) atoms. The maximum absolute atomic E-state index is 12.4. The van der Waals surface area contributed by atoms with Gasteiger partial charge in [0.15, 0.2) is 0 Å². The lowest BCUT2D eigenvalue weighted by Crippen LogP contribution is -2.33. The molecule has 1 aliphatic heterocycles. The highest BCUT2D eigenvalue weighted by Gasteiger charge is 2.21. The van der Waals surface area contributed by atoms with Crippen LogP contribution in [0.5, 0.6) is 0 Å². The molecule has 2 aliphatic rings. The molecule has 1 aromatic rings. The molecular formula is C17H20ClN3O2. The molecule has 0 bridgehead atoms. The maximum Gasteiger partial charge on any atom is 0.251 e. The Kier molecular flexibility index (Phi) is 5.10. The fourth-order valence-corrected chi connectivity index (χ4v) is 3.04. The summed E-state index contributed by atoms with van der Waals surface area (Å²) < 4.78 is 5.66. The zero-order valence-electron chi connectivity index (χ0n) is 13.0. The van der Waals surface area contributed by atoms with E-state index in [-0.39, 0.29) is 17.9 Å². The third-order valence-electron chi connectivity index (χ3n) is 4.04. The molecule has 3 rings (SSSR count). The van der Waals surface area contributed by atoms with Gasteiger partial charge in [-0.25, -0.2) is 0 Å². The van der Waals surface area contributed by atoms with Crippen LogP contribution in [0.25, 0.3) is 0 Å². The number of amides is 1. The van der Waals surface area contributed by atoms with E-state index in [0.717, 1.165) is 29.4 Å². The molecule has 0 radical (unpaired) electrons. The van der Waals surface area contributed by atoms with Crippen LogP contribution in [0.2, 0.25) is 0 Å². The molecule has 0 spiro atoms. The summed E-state index contributed by atoms with van der Waals surface area (Å²) in [5, 5.41) is 6.94. The van der Waals surface area contributed by atoms with Gasteiger partial charge in [0.25, 0.3) is 5.91 Å². The Morgan fingerprint density at radius 3 is 2.96 bits per heavy atom. The summed E-state index contributed by atoms with van der Waals surface area (Å²) in [7, 11) is 0. The zero-order valence-corrected chi connectivity index (χ0v) is 13.8. The normalized spacial score (nSPS) is 24.6. The number of allylic oxidation sites excluding steroid dienone is 3. The van der Waals surface area contributed by atoms with Gasteiger partial charge >= 0.3 is 0 Å². The van der Waals surface area contributed by atoms with Gasteiger partial charge in [-0.05, 0) is 30.5 Å². The number of pyridine rings is 1. The Morgan fingerprint density at radius 1 is 1.43 bits per heavy atom. The standard InChI is InChI=1S/C17H20ClN3O2/c1-11-8-12(18)2-4-14(11)17(22)21-13-3-5-15(20-9-13)16-10-19-6-7-23-16/h2-5,9,11,16,19H,6-8,10H2,1H3,(H,21,22). The minimum absolute atomic E-state index is 0.0261. The molecule has 2 unspecified atom stereocenters. The number of carbonyl (C=O) groups excluding carboxylic acids is 1. The quantitative estimate of drug-likeness (QED) is 0.892. The Bertz CT molecular complexity index is 634. The van der Waals surface area contributed by atoms with Crippen molar-refractivity contribution in [3.63, 3.8) is 0 Å². The number of aromatic nitrogens is 1. The number of carbonyl (C=O) groups is 1. The van der Waals surface area contributed by atoms with Gasteiger partial charge in [0.05, 0.1) is 24.2 Å². The number of nitrogens with zero attached hydrogens (tertiary/aromatic N) is 1. The molecule has 1 saturated heterocycles. The van der Waals surface area contributed by atoms with Crippen molar-refractivity contribution in [3.8, 4) is 0 Å². The molecule has 122 valence electrons. The molecule has 0 saturated carbocycles. The van der Waals surface area contributed by atoms with Gasteiger partial charge in [-0.2, -0.15) is 0 Å². The van der Waals surface area contributed by atoms with Crippen LogP contribution in [0.15, 0.2) is 41.1 Å². The number of hydrogen-bond donors (Lipinski definition) is 2. The van der Waals surface area contributed by atoms with Crippen molar-refractivity contribution in [1.29, 1.82) is 0 Å². The van der Waals surface area contributed by atoms with Gasteiger partial charge in [0, 0.05) is 23.7 Å². The third kappa shape index (κ3) is 3.99. The zero-order chi connectivity index (χ0) is 16.2. The number of anilines is 1. The predicted molar refractivity (Wildman–Crippen MR) is 90.2 cm³/mol. The van der Waals surface area contributed by atoms with Crippen molar-refractivity contribution in [1.82, 2.24) is 10.3 Å². The molecule has 1 fully saturated rings. The van der Waals surface area contributed by atoms with E-state index in [4.69, 9.17) is 16.3 Å². The van der Waals surface area contributed by atoms with E-state index in [2.05, 4.69) is 15.6 Å². The lowest BCUT2D eigenvalue weighted by Gasteiger charge is -2.23. The van der Waals surface area contributed by atoms with E-state index in [0.29, 0.717) is 18.7 Å². The maximum atomic E-state index is 12.4. The van der Waals surface area contributed by atoms with Crippen molar-refractivity contribution in [2.75, 3.05) is 25.0 Å². The number of ether oxygens (including phenoxy) is 1. The third-order valence-corrected chi connectivity index (χ3v) is 4.32. The van der Waals surface area contributed by atoms with Crippen LogP contribution >= 0.6 is 11.6 Å². The molecule has 1 amide bonds. The second-order valence-electron chi connectivity index (χ2n) is 5.83. The Hall–Kier alpha value is -1.69. The molecule has 2 heterocycles. The van der Waals surface area contributed by atoms with E-state index in [1.54, 1.807) is 18.3 Å². The molecule has 2 N–H and O–H groups in total. The molecule has 0 aromatic carbocycles. The first kappa shape index (κ1) is 16.2. The average Bonchev–Trinajstić information content (AvgIpc) is 2.56.